The van der Waals surface area contributed by atoms with Gasteiger partial charge in [0.2, 0.25) is 5.95 Å². The van der Waals surface area contributed by atoms with Gasteiger partial charge in [-0.2, -0.15) is 0 Å². The second-order valence-electron chi connectivity index (χ2n) is 5.58. The summed E-state index contributed by atoms with van der Waals surface area (Å²) in [4.78, 5) is 4.74. The molecule has 0 aliphatic carbocycles. The molecule has 0 spiro atoms. The van der Waals surface area contributed by atoms with E-state index in [-0.39, 0.29) is 0 Å². The molecule has 0 unspecified atom stereocenters. The number of aromatic amines is 1. The van der Waals surface area contributed by atoms with Crippen molar-refractivity contribution >= 4 is 23.9 Å². The second kappa shape index (κ2) is 5.52. The van der Waals surface area contributed by atoms with Gasteiger partial charge in [0.05, 0.1) is 0 Å². The number of rotatable bonds is 2. The van der Waals surface area contributed by atoms with Crippen LogP contribution in [-0.2, 0) is 7.05 Å². The first-order valence-corrected chi connectivity index (χ1v) is 7.66. The summed E-state index contributed by atoms with van der Waals surface area (Å²) in [5.74, 6) is 0.931. The maximum atomic E-state index is 5.18. The summed E-state index contributed by atoms with van der Waals surface area (Å²) in [5, 5.41) is 7.18. The number of piperazine rings is 1. The molecule has 0 amide bonds. The molecule has 1 aliphatic heterocycles. The number of benzene rings is 1. The normalized spacial score (nSPS) is 15.6. The molecular weight excluding hydrogens is 282 g/mol. The van der Waals surface area contributed by atoms with Crippen molar-refractivity contribution < 1.29 is 0 Å². The molecule has 2 heterocycles. The van der Waals surface area contributed by atoms with E-state index >= 15 is 0 Å². The first kappa shape index (κ1) is 14.1. The van der Waals surface area contributed by atoms with Gasteiger partial charge in [-0.25, -0.2) is 5.10 Å². The van der Waals surface area contributed by atoms with Crippen molar-refractivity contribution in [1.29, 1.82) is 0 Å². The molecule has 6 heteroatoms. The zero-order valence-corrected chi connectivity index (χ0v) is 13.6. The Kier molecular flexibility index (Phi) is 3.71. The van der Waals surface area contributed by atoms with Crippen LogP contribution in [0.2, 0.25) is 0 Å². The lowest BCUT2D eigenvalue weighted by atomic mass is 10.1. The number of H-pyrrole nitrogens is 1. The van der Waals surface area contributed by atoms with Crippen LogP contribution in [-0.4, -0.2) is 40.9 Å². The van der Waals surface area contributed by atoms with E-state index in [1.807, 2.05) is 11.6 Å². The van der Waals surface area contributed by atoms with Crippen LogP contribution in [0.1, 0.15) is 11.1 Å². The minimum Gasteiger partial charge on any atom is -0.368 e. The molecule has 0 saturated carbocycles. The third kappa shape index (κ3) is 2.55. The molecule has 3 rings (SSSR count). The minimum atomic E-state index is 0.668. The van der Waals surface area contributed by atoms with Crippen molar-refractivity contribution in [2.24, 2.45) is 7.05 Å². The van der Waals surface area contributed by atoms with Crippen molar-refractivity contribution in [2.45, 2.75) is 13.8 Å². The fourth-order valence-corrected chi connectivity index (χ4v) is 2.97. The van der Waals surface area contributed by atoms with E-state index in [1.54, 1.807) is 0 Å². The zero-order valence-electron chi connectivity index (χ0n) is 12.8. The molecule has 1 aromatic carbocycles. The van der Waals surface area contributed by atoms with E-state index < -0.39 is 0 Å². The van der Waals surface area contributed by atoms with Gasteiger partial charge in [0.1, 0.15) is 0 Å². The summed E-state index contributed by atoms with van der Waals surface area (Å²) >= 11 is 5.18. The maximum absolute atomic E-state index is 5.18. The number of nitrogens with one attached hydrogen (secondary N) is 1. The van der Waals surface area contributed by atoms with Gasteiger partial charge in [-0.3, -0.25) is 4.57 Å². The molecule has 0 atom stereocenters. The highest BCUT2D eigenvalue weighted by molar-refractivity contribution is 7.71. The van der Waals surface area contributed by atoms with Gasteiger partial charge >= 0.3 is 0 Å². The van der Waals surface area contributed by atoms with Crippen molar-refractivity contribution in [3.8, 4) is 0 Å². The van der Waals surface area contributed by atoms with Crippen LogP contribution in [0.3, 0.4) is 0 Å². The third-order valence-electron chi connectivity index (χ3n) is 4.34. The molecule has 0 bridgehead atoms. The number of hydrogen-bond donors (Lipinski definition) is 1. The topological polar surface area (TPSA) is 40.1 Å². The molecule has 21 heavy (non-hydrogen) atoms. The second-order valence-corrected chi connectivity index (χ2v) is 5.97. The monoisotopic (exact) mass is 303 g/mol. The molecule has 1 N–H and O–H groups in total. The molecule has 1 aromatic heterocycles. The van der Waals surface area contributed by atoms with Crippen LogP contribution in [0.15, 0.2) is 18.2 Å². The number of aromatic nitrogens is 3. The van der Waals surface area contributed by atoms with E-state index in [4.69, 9.17) is 12.2 Å². The number of anilines is 2. The van der Waals surface area contributed by atoms with Gasteiger partial charge in [0, 0.05) is 38.9 Å². The number of aryl methyl sites for hydroxylation is 1. The number of nitrogens with zero attached hydrogens (tertiary/aromatic N) is 4. The van der Waals surface area contributed by atoms with E-state index in [1.165, 1.54) is 16.8 Å². The third-order valence-corrected chi connectivity index (χ3v) is 4.70. The zero-order chi connectivity index (χ0) is 15.0. The number of hydrogen-bond acceptors (Lipinski definition) is 4. The van der Waals surface area contributed by atoms with E-state index in [2.05, 4.69) is 52.0 Å². The molecule has 1 saturated heterocycles. The highest BCUT2D eigenvalue weighted by atomic mass is 32.1. The van der Waals surface area contributed by atoms with E-state index in [9.17, 15) is 0 Å². The minimum absolute atomic E-state index is 0.668. The molecule has 1 aliphatic rings. The largest absolute Gasteiger partial charge is 0.368 e. The van der Waals surface area contributed by atoms with Gasteiger partial charge in [0.15, 0.2) is 4.77 Å². The average Bonchev–Trinajstić information content (AvgIpc) is 2.82. The average molecular weight is 303 g/mol. The molecule has 5 nitrogen and oxygen atoms in total. The van der Waals surface area contributed by atoms with Crippen LogP contribution in [0.5, 0.6) is 0 Å². The fourth-order valence-electron chi connectivity index (χ4n) is 2.85. The predicted octanol–water partition coefficient (Wildman–Crippen LogP) is 2.42. The van der Waals surface area contributed by atoms with Crippen molar-refractivity contribution in [3.05, 3.63) is 34.1 Å². The van der Waals surface area contributed by atoms with Gasteiger partial charge in [0.25, 0.3) is 0 Å². The molecule has 2 aromatic rings. The molecule has 0 radical (unpaired) electrons. The summed E-state index contributed by atoms with van der Waals surface area (Å²) in [7, 11) is 1.96. The lowest BCUT2D eigenvalue weighted by molar-refractivity contribution is 0.628. The van der Waals surface area contributed by atoms with Gasteiger partial charge in [-0.15, -0.1) is 5.10 Å². The Balaban J connectivity index is 1.75. The van der Waals surface area contributed by atoms with Crippen LogP contribution >= 0.6 is 12.2 Å². The van der Waals surface area contributed by atoms with Crippen molar-refractivity contribution in [1.82, 2.24) is 14.8 Å². The van der Waals surface area contributed by atoms with Gasteiger partial charge < -0.3 is 9.80 Å². The first-order chi connectivity index (χ1) is 10.1. The quantitative estimate of drug-likeness (QED) is 0.865. The summed E-state index contributed by atoms with van der Waals surface area (Å²) in [6.07, 6.45) is 0. The standard InChI is InChI=1S/C15H21N5S/c1-11-5-4-6-13(12(11)2)19-7-9-20(10-8-19)14-16-17-15(21)18(14)3/h4-6H,7-10H2,1-3H3,(H,17,21). The fraction of sp³-hybridized carbons (Fsp3) is 0.467. The van der Waals surface area contributed by atoms with Crippen molar-refractivity contribution in [3.63, 3.8) is 0 Å². The van der Waals surface area contributed by atoms with Gasteiger partial charge in [-0.05, 0) is 43.3 Å². The Hall–Kier alpha value is -1.82. The Bertz CT molecular complexity index is 694. The summed E-state index contributed by atoms with van der Waals surface area (Å²) in [6, 6.07) is 6.53. The van der Waals surface area contributed by atoms with Crippen LogP contribution in [0, 0.1) is 18.6 Å². The van der Waals surface area contributed by atoms with Crippen molar-refractivity contribution in [2.75, 3.05) is 36.0 Å². The predicted molar refractivity (Wildman–Crippen MR) is 88.7 cm³/mol. The Morgan fingerprint density at radius 1 is 1.10 bits per heavy atom. The van der Waals surface area contributed by atoms with Crippen LogP contribution in [0.4, 0.5) is 11.6 Å². The Labute approximate surface area is 130 Å². The summed E-state index contributed by atoms with van der Waals surface area (Å²) < 4.78 is 2.60. The van der Waals surface area contributed by atoms with E-state index in [0.717, 1.165) is 32.1 Å². The SMILES string of the molecule is Cc1cccc(N2CCN(c3n[nH]c(=S)n3C)CC2)c1C. The molecular formula is C15H21N5S. The first-order valence-electron chi connectivity index (χ1n) is 7.25. The van der Waals surface area contributed by atoms with Gasteiger partial charge in [-0.1, -0.05) is 12.1 Å². The summed E-state index contributed by atoms with van der Waals surface area (Å²) in [5.41, 5.74) is 4.08. The lowest BCUT2D eigenvalue weighted by Gasteiger charge is -2.37. The van der Waals surface area contributed by atoms with Crippen LogP contribution in [0.25, 0.3) is 0 Å². The van der Waals surface area contributed by atoms with Crippen LogP contribution < -0.4 is 9.80 Å². The molecule has 112 valence electrons. The highest BCUT2D eigenvalue weighted by Gasteiger charge is 2.21. The smallest absolute Gasteiger partial charge is 0.225 e. The van der Waals surface area contributed by atoms with E-state index in [0.29, 0.717) is 4.77 Å². The maximum Gasteiger partial charge on any atom is 0.225 e. The summed E-state index contributed by atoms with van der Waals surface area (Å²) in [6.45, 7) is 8.30. The lowest BCUT2D eigenvalue weighted by Crippen LogP contribution is -2.47. The molecule has 1 fully saturated rings. The highest BCUT2D eigenvalue weighted by Crippen LogP contribution is 2.24. The Morgan fingerprint density at radius 2 is 1.76 bits per heavy atom. The Morgan fingerprint density at radius 3 is 2.38 bits per heavy atom.